The maximum absolute atomic E-state index is 12.7. The van der Waals surface area contributed by atoms with Crippen LogP contribution in [-0.2, 0) is 40.5 Å². The van der Waals surface area contributed by atoms with E-state index >= 15 is 0 Å². The Balaban J connectivity index is 1.95. The van der Waals surface area contributed by atoms with Crippen molar-refractivity contribution in [1.82, 2.24) is 9.55 Å². The van der Waals surface area contributed by atoms with E-state index in [1.807, 2.05) is 11.5 Å². The largest absolute Gasteiger partial charge is 0.455 e. The van der Waals surface area contributed by atoms with Gasteiger partial charge >= 0.3 is 11.9 Å². The predicted molar refractivity (Wildman–Crippen MR) is 127 cm³/mol. The van der Waals surface area contributed by atoms with Gasteiger partial charge in [0.15, 0.2) is 5.75 Å². The van der Waals surface area contributed by atoms with E-state index < -0.39 is 17.5 Å². The lowest BCUT2D eigenvalue weighted by atomic mass is 10.0. The zero-order valence-electron chi connectivity index (χ0n) is 19.1. The van der Waals surface area contributed by atoms with Crippen molar-refractivity contribution in [1.29, 1.82) is 10.5 Å². The quantitative estimate of drug-likeness (QED) is 0.412. The number of pyridine rings is 1. The number of aliphatic hydroxyl groups is 1. The van der Waals surface area contributed by atoms with Gasteiger partial charge in [-0.1, -0.05) is 30.7 Å². The van der Waals surface area contributed by atoms with Crippen LogP contribution in [0.5, 0.6) is 5.75 Å². The topological polar surface area (TPSA) is 138 Å². The Morgan fingerprint density at radius 3 is 2.58 bits per heavy atom. The van der Waals surface area contributed by atoms with Crippen molar-refractivity contribution < 1.29 is 24.2 Å². The molecule has 0 fully saturated rings. The third-order valence-electron chi connectivity index (χ3n) is 5.69. The SMILES string of the molecule is CCc1c2c(-c3ccc(C#N)cc3)c(n1Cc1cnc(Cl)c(CO)c1)COC(=O)/C(C#N)=C\C(=O)O2. The molecule has 0 saturated heterocycles. The van der Waals surface area contributed by atoms with Crippen molar-refractivity contribution in [2.24, 2.45) is 0 Å². The second-order valence-electron chi connectivity index (χ2n) is 7.85. The van der Waals surface area contributed by atoms with E-state index in [0.29, 0.717) is 45.6 Å². The van der Waals surface area contributed by atoms with Gasteiger partial charge < -0.3 is 19.1 Å². The van der Waals surface area contributed by atoms with E-state index in [4.69, 9.17) is 21.1 Å². The van der Waals surface area contributed by atoms with Crippen molar-refractivity contribution in [3.63, 3.8) is 0 Å². The maximum atomic E-state index is 12.7. The molecule has 36 heavy (non-hydrogen) atoms. The fourth-order valence-corrected chi connectivity index (χ4v) is 4.19. The molecule has 2 bridgehead atoms. The molecule has 0 saturated carbocycles. The molecule has 180 valence electrons. The van der Waals surface area contributed by atoms with Crippen LogP contribution >= 0.6 is 11.6 Å². The highest BCUT2D eigenvalue weighted by atomic mass is 35.5. The molecule has 3 aromatic rings. The van der Waals surface area contributed by atoms with Crippen LogP contribution in [0.4, 0.5) is 0 Å². The number of carbonyl (C=O) groups excluding carboxylic acids is 2. The van der Waals surface area contributed by atoms with Gasteiger partial charge in [-0.25, -0.2) is 14.6 Å². The first-order chi connectivity index (χ1) is 17.4. The van der Waals surface area contributed by atoms with E-state index in [2.05, 4.69) is 11.1 Å². The van der Waals surface area contributed by atoms with Gasteiger partial charge in [0.1, 0.15) is 23.4 Å². The minimum Gasteiger partial charge on any atom is -0.455 e. The summed E-state index contributed by atoms with van der Waals surface area (Å²) in [5.74, 6) is -1.59. The molecule has 1 aliphatic heterocycles. The lowest BCUT2D eigenvalue weighted by Crippen LogP contribution is -2.14. The summed E-state index contributed by atoms with van der Waals surface area (Å²) in [5, 5.41) is 28.3. The normalized spacial score (nSPS) is 14.6. The number of fused-ring (bicyclic) bond motifs is 2. The van der Waals surface area contributed by atoms with Gasteiger partial charge in [0.05, 0.1) is 29.6 Å². The standard InChI is InChI=1S/C26H19ClN4O5/c1-2-20-24-23(17-5-3-15(9-28)4-6-17)21(14-35-26(34)18(10-29)8-22(33)36-24)31(20)12-16-7-19(13-32)25(27)30-11-16/h3-8,11,32H,2,12-14H2,1H3/b18-8-. The highest BCUT2D eigenvalue weighted by Gasteiger charge is 2.29. The van der Waals surface area contributed by atoms with Gasteiger partial charge in [-0.3, -0.25) is 0 Å². The average molecular weight is 503 g/mol. The predicted octanol–water partition coefficient (Wildman–Crippen LogP) is 3.59. The number of nitrogens with zero attached hydrogens (tertiary/aromatic N) is 4. The van der Waals surface area contributed by atoms with Crippen molar-refractivity contribution in [3.05, 3.63) is 81.4 Å². The average Bonchev–Trinajstić information content (AvgIpc) is 3.17. The fourth-order valence-electron chi connectivity index (χ4n) is 4.03. The number of cyclic esters (lactones) is 1. The van der Waals surface area contributed by atoms with Crippen LogP contribution in [0.3, 0.4) is 0 Å². The molecule has 4 rings (SSSR count). The second kappa shape index (κ2) is 10.4. The minimum absolute atomic E-state index is 0.188. The van der Waals surface area contributed by atoms with Crippen LogP contribution in [0, 0.1) is 22.7 Å². The molecule has 1 N–H and O–H groups in total. The molecule has 9 nitrogen and oxygen atoms in total. The number of aliphatic hydroxyl groups excluding tert-OH is 1. The zero-order valence-corrected chi connectivity index (χ0v) is 19.9. The minimum atomic E-state index is -0.954. The van der Waals surface area contributed by atoms with Crippen molar-refractivity contribution in [2.45, 2.75) is 33.1 Å². The van der Waals surface area contributed by atoms with Gasteiger partial charge in [-0.15, -0.1) is 0 Å². The highest BCUT2D eigenvalue weighted by Crippen LogP contribution is 2.41. The van der Waals surface area contributed by atoms with Crippen molar-refractivity contribution in [3.8, 4) is 29.0 Å². The number of benzene rings is 1. The molecule has 2 aromatic heterocycles. The number of aromatic nitrogens is 2. The Hall–Kier alpha value is -4.44. The number of rotatable bonds is 5. The summed E-state index contributed by atoms with van der Waals surface area (Å²) in [7, 11) is 0. The maximum Gasteiger partial charge on any atom is 0.349 e. The third kappa shape index (κ3) is 4.71. The molecule has 0 spiro atoms. The molecular weight excluding hydrogens is 484 g/mol. The van der Waals surface area contributed by atoms with E-state index in [9.17, 15) is 25.2 Å². The number of ether oxygens (including phenoxy) is 2. The lowest BCUT2D eigenvalue weighted by molar-refractivity contribution is -0.140. The molecule has 0 aliphatic carbocycles. The smallest absolute Gasteiger partial charge is 0.349 e. The summed E-state index contributed by atoms with van der Waals surface area (Å²) < 4.78 is 13.0. The molecule has 1 aromatic carbocycles. The first-order valence-corrected chi connectivity index (χ1v) is 11.3. The molecule has 0 amide bonds. The Labute approximate surface area is 211 Å². The molecule has 3 heterocycles. The number of carbonyl (C=O) groups is 2. The molecule has 10 heteroatoms. The first kappa shape index (κ1) is 24.7. The summed E-state index contributed by atoms with van der Waals surface area (Å²) in [6.45, 7) is 1.62. The van der Waals surface area contributed by atoms with Gasteiger partial charge in [-0.2, -0.15) is 10.5 Å². The summed E-state index contributed by atoms with van der Waals surface area (Å²) in [6.07, 6.45) is 2.82. The number of esters is 2. The number of hydrogen-bond acceptors (Lipinski definition) is 8. The summed E-state index contributed by atoms with van der Waals surface area (Å²) in [4.78, 5) is 29.3. The van der Waals surface area contributed by atoms with E-state index in [0.717, 1.165) is 6.08 Å². The van der Waals surface area contributed by atoms with Gasteiger partial charge in [0, 0.05) is 29.9 Å². The van der Waals surface area contributed by atoms with Crippen LogP contribution in [0.1, 0.15) is 35.0 Å². The van der Waals surface area contributed by atoms with Crippen molar-refractivity contribution in [2.75, 3.05) is 0 Å². The summed E-state index contributed by atoms with van der Waals surface area (Å²) >= 11 is 6.05. The van der Waals surface area contributed by atoms with Crippen molar-refractivity contribution >= 4 is 23.5 Å². The Morgan fingerprint density at radius 1 is 1.19 bits per heavy atom. The zero-order chi connectivity index (χ0) is 25.8. The highest BCUT2D eigenvalue weighted by molar-refractivity contribution is 6.30. The van der Waals surface area contributed by atoms with Crippen LogP contribution in [0.2, 0.25) is 5.15 Å². The van der Waals surface area contributed by atoms with E-state index in [1.54, 1.807) is 42.6 Å². The Bertz CT molecular complexity index is 1480. The number of nitriles is 2. The van der Waals surface area contributed by atoms with Crippen LogP contribution in [-0.4, -0.2) is 26.6 Å². The molecule has 1 aliphatic rings. The van der Waals surface area contributed by atoms with Gasteiger partial charge in [0.2, 0.25) is 0 Å². The van der Waals surface area contributed by atoms with E-state index in [-0.39, 0.29) is 30.7 Å². The third-order valence-corrected chi connectivity index (χ3v) is 6.03. The molecule has 0 radical (unpaired) electrons. The van der Waals surface area contributed by atoms with E-state index in [1.165, 1.54) is 0 Å². The van der Waals surface area contributed by atoms with Crippen LogP contribution < -0.4 is 4.74 Å². The number of halogens is 1. The monoisotopic (exact) mass is 502 g/mol. The first-order valence-electron chi connectivity index (χ1n) is 10.9. The van der Waals surface area contributed by atoms with Gasteiger partial charge in [0.25, 0.3) is 0 Å². The van der Waals surface area contributed by atoms with Crippen LogP contribution in [0.25, 0.3) is 11.1 Å². The van der Waals surface area contributed by atoms with Crippen LogP contribution in [0.15, 0.2) is 48.2 Å². The Kier molecular flexibility index (Phi) is 7.16. The molecule has 0 unspecified atom stereocenters. The van der Waals surface area contributed by atoms with Gasteiger partial charge in [-0.05, 0) is 35.7 Å². The summed E-state index contributed by atoms with van der Waals surface area (Å²) in [6, 6.07) is 12.2. The molecular formula is C26H19ClN4O5. The Morgan fingerprint density at radius 2 is 1.94 bits per heavy atom. The number of hydrogen-bond donors (Lipinski definition) is 1. The second-order valence-corrected chi connectivity index (χ2v) is 8.20. The summed E-state index contributed by atoms with van der Waals surface area (Å²) in [5.41, 5.74) is 3.47. The lowest BCUT2D eigenvalue weighted by Gasteiger charge is -2.15. The fraction of sp³-hybridized carbons (Fsp3) is 0.192. The molecule has 0 atom stereocenters.